The van der Waals surface area contributed by atoms with Crippen molar-refractivity contribution >= 4 is 23.9 Å². The van der Waals surface area contributed by atoms with Crippen LogP contribution in [0, 0.1) is 17.8 Å². The fourth-order valence-electron chi connectivity index (χ4n) is 6.97. The van der Waals surface area contributed by atoms with Crippen LogP contribution in [0.2, 0.25) is 0 Å². The van der Waals surface area contributed by atoms with E-state index in [-0.39, 0.29) is 17.2 Å². The fourth-order valence-corrected chi connectivity index (χ4v) is 6.97. The Morgan fingerprint density at radius 3 is 2.35 bits per heavy atom. The number of hydrogen-bond donors (Lipinski definition) is 0. The number of ether oxygens (including phenoxy) is 2. The molecule has 0 saturated heterocycles. The van der Waals surface area contributed by atoms with Crippen molar-refractivity contribution in [3.8, 4) is 5.75 Å². The monoisotopic (exact) mass is 542 g/mol. The molecule has 2 bridgehead atoms. The normalized spacial score (nSPS) is 24.2. The number of esters is 1. The van der Waals surface area contributed by atoms with Gasteiger partial charge in [0.2, 0.25) is 0 Å². The van der Waals surface area contributed by atoms with Crippen LogP contribution in [0.1, 0.15) is 101 Å². The molecule has 0 radical (unpaired) electrons. The Morgan fingerprint density at radius 1 is 0.950 bits per heavy atom. The lowest BCUT2D eigenvalue weighted by molar-refractivity contribution is -0.137. The van der Waals surface area contributed by atoms with Crippen molar-refractivity contribution in [2.45, 2.75) is 91.4 Å². The third-order valence-electron chi connectivity index (χ3n) is 9.90. The molecule has 2 unspecified atom stereocenters. The maximum Gasteiger partial charge on any atom is 0.330 e. The summed E-state index contributed by atoms with van der Waals surface area (Å²) >= 11 is 0. The number of fused-ring (bicyclic) bond motifs is 2. The SMILES string of the molecule is CCCCCCCCOC(=O)/C=C/c1ccc(OC)cc1C12CCC(C)(C(=O)/C1=C\c1ccc(C)cc1)C2(C)C. The number of carbonyl (C=O) groups excluding carboxylic acids is 2. The molecule has 2 fully saturated rings. The van der Waals surface area contributed by atoms with Crippen molar-refractivity contribution in [1.82, 2.24) is 0 Å². The first-order valence-electron chi connectivity index (χ1n) is 15.0. The minimum atomic E-state index is -0.514. The molecule has 0 aromatic heterocycles. The van der Waals surface area contributed by atoms with Gasteiger partial charge in [-0.05, 0) is 72.6 Å². The van der Waals surface area contributed by atoms with Crippen molar-refractivity contribution in [2.24, 2.45) is 10.8 Å². The number of hydrogen-bond acceptors (Lipinski definition) is 4. The molecule has 0 aliphatic heterocycles. The second kappa shape index (κ2) is 12.2. The van der Waals surface area contributed by atoms with Crippen molar-refractivity contribution in [3.63, 3.8) is 0 Å². The zero-order valence-corrected chi connectivity index (χ0v) is 25.3. The van der Waals surface area contributed by atoms with Crippen molar-refractivity contribution in [1.29, 1.82) is 0 Å². The van der Waals surface area contributed by atoms with E-state index in [1.807, 2.05) is 18.2 Å². The summed E-state index contributed by atoms with van der Waals surface area (Å²) in [4.78, 5) is 26.8. The Hall–Kier alpha value is -3.14. The molecular weight excluding hydrogens is 496 g/mol. The predicted octanol–water partition coefficient (Wildman–Crippen LogP) is 8.65. The summed E-state index contributed by atoms with van der Waals surface area (Å²) in [6, 6.07) is 14.3. The maximum absolute atomic E-state index is 14.1. The van der Waals surface area contributed by atoms with Crippen LogP contribution in [0.25, 0.3) is 12.2 Å². The van der Waals surface area contributed by atoms with Crippen LogP contribution in [0.4, 0.5) is 0 Å². The number of allylic oxidation sites excluding steroid dienone is 1. The van der Waals surface area contributed by atoms with Gasteiger partial charge in [-0.1, -0.05) is 95.7 Å². The van der Waals surface area contributed by atoms with Gasteiger partial charge in [-0.2, -0.15) is 0 Å². The van der Waals surface area contributed by atoms with Crippen LogP contribution in [-0.4, -0.2) is 25.5 Å². The second-order valence-corrected chi connectivity index (χ2v) is 12.4. The Bertz CT molecular complexity index is 1280. The van der Waals surface area contributed by atoms with E-state index in [1.54, 1.807) is 7.11 Å². The van der Waals surface area contributed by atoms with Crippen molar-refractivity contribution in [2.75, 3.05) is 13.7 Å². The molecule has 214 valence electrons. The van der Waals surface area contributed by atoms with Gasteiger partial charge in [0.15, 0.2) is 5.78 Å². The number of benzene rings is 2. The van der Waals surface area contributed by atoms with Gasteiger partial charge < -0.3 is 9.47 Å². The number of ketones is 1. The molecule has 4 heteroatoms. The lowest BCUT2D eigenvalue weighted by Crippen LogP contribution is -2.39. The Morgan fingerprint density at radius 2 is 1.65 bits per heavy atom. The van der Waals surface area contributed by atoms with E-state index >= 15 is 0 Å². The Balaban J connectivity index is 1.68. The molecule has 2 aliphatic carbocycles. The van der Waals surface area contributed by atoms with Gasteiger partial charge in [0, 0.05) is 22.5 Å². The zero-order chi connectivity index (χ0) is 29.0. The first-order valence-corrected chi connectivity index (χ1v) is 15.0. The van der Waals surface area contributed by atoms with Crippen LogP contribution in [0.3, 0.4) is 0 Å². The molecule has 4 rings (SSSR count). The number of unbranched alkanes of at least 4 members (excludes halogenated alkanes) is 5. The first kappa shape index (κ1) is 29.8. The third kappa shape index (κ3) is 5.30. The molecule has 0 heterocycles. The molecule has 4 nitrogen and oxygen atoms in total. The molecule has 2 aliphatic rings. The van der Waals surface area contributed by atoms with E-state index in [0.717, 1.165) is 53.7 Å². The second-order valence-electron chi connectivity index (χ2n) is 12.4. The molecule has 2 aromatic carbocycles. The van der Waals surface area contributed by atoms with Crippen LogP contribution in [0.5, 0.6) is 5.75 Å². The highest BCUT2D eigenvalue weighted by molar-refractivity contribution is 6.11. The molecule has 0 spiro atoms. The van der Waals surface area contributed by atoms with Gasteiger partial charge in [-0.25, -0.2) is 4.79 Å². The highest BCUT2D eigenvalue weighted by Crippen LogP contribution is 2.73. The predicted molar refractivity (Wildman–Crippen MR) is 163 cm³/mol. The van der Waals surface area contributed by atoms with E-state index in [4.69, 9.17) is 9.47 Å². The van der Waals surface area contributed by atoms with Gasteiger partial charge in [0.1, 0.15) is 5.75 Å². The highest BCUT2D eigenvalue weighted by Gasteiger charge is 2.72. The van der Waals surface area contributed by atoms with Gasteiger partial charge >= 0.3 is 5.97 Å². The molecule has 2 atom stereocenters. The lowest BCUT2D eigenvalue weighted by Gasteiger charge is -2.41. The fraction of sp³-hybridized carbons (Fsp3) is 0.500. The number of aryl methyl sites for hydroxylation is 1. The van der Waals surface area contributed by atoms with E-state index < -0.39 is 10.8 Å². The van der Waals surface area contributed by atoms with Crippen LogP contribution < -0.4 is 4.74 Å². The van der Waals surface area contributed by atoms with Crippen molar-refractivity contribution in [3.05, 3.63) is 76.4 Å². The number of rotatable bonds is 12. The van der Waals surface area contributed by atoms with E-state index in [9.17, 15) is 9.59 Å². The standard InChI is InChI=1S/C36H46O4/c1-7-8-9-10-11-12-23-40-32(37)20-18-28-17-19-29(39-6)25-30(28)36-22-21-35(5,34(36,3)4)33(38)31(36)24-27-15-13-26(2)14-16-27/h13-20,24-25H,7-12,21-23H2,1-6H3/b20-18+,31-24+. The molecule has 40 heavy (non-hydrogen) atoms. The van der Waals surface area contributed by atoms with Crippen LogP contribution in [-0.2, 0) is 19.7 Å². The lowest BCUT2D eigenvalue weighted by atomic mass is 9.60. The van der Waals surface area contributed by atoms with E-state index in [2.05, 4.69) is 71.0 Å². The minimum Gasteiger partial charge on any atom is -0.497 e. The van der Waals surface area contributed by atoms with Crippen LogP contribution in [0.15, 0.2) is 54.1 Å². The Kier molecular flexibility index (Phi) is 9.07. The highest BCUT2D eigenvalue weighted by atomic mass is 16.5. The summed E-state index contributed by atoms with van der Waals surface area (Å²) < 4.78 is 11.2. The number of carbonyl (C=O) groups is 2. The zero-order valence-electron chi connectivity index (χ0n) is 25.3. The van der Waals surface area contributed by atoms with Gasteiger partial charge in [0.25, 0.3) is 0 Å². The summed E-state index contributed by atoms with van der Waals surface area (Å²) in [6.07, 6.45) is 14.0. The van der Waals surface area contributed by atoms with Crippen molar-refractivity contribution < 1.29 is 19.1 Å². The minimum absolute atomic E-state index is 0.223. The summed E-state index contributed by atoms with van der Waals surface area (Å²) in [7, 11) is 1.67. The number of methoxy groups -OCH3 is 1. The molecule has 0 amide bonds. The third-order valence-corrected chi connectivity index (χ3v) is 9.90. The van der Waals surface area contributed by atoms with Gasteiger partial charge in [0.05, 0.1) is 13.7 Å². The first-order chi connectivity index (χ1) is 19.1. The average molecular weight is 543 g/mol. The van der Waals surface area contributed by atoms with E-state index in [1.165, 1.54) is 37.3 Å². The van der Waals surface area contributed by atoms with Gasteiger partial charge in [-0.3, -0.25) is 4.79 Å². The molecule has 2 saturated carbocycles. The summed E-state index contributed by atoms with van der Waals surface area (Å²) in [6.45, 7) is 11.3. The molecule has 0 N–H and O–H groups in total. The van der Waals surface area contributed by atoms with Crippen LogP contribution >= 0.6 is 0 Å². The Labute approximate surface area is 240 Å². The van der Waals surface area contributed by atoms with E-state index in [0.29, 0.717) is 6.61 Å². The van der Waals surface area contributed by atoms with Gasteiger partial charge in [-0.15, -0.1) is 0 Å². The summed E-state index contributed by atoms with van der Waals surface area (Å²) in [5.41, 5.74) is 3.70. The molecule has 2 aromatic rings. The summed E-state index contributed by atoms with van der Waals surface area (Å²) in [5, 5.41) is 0. The number of Topliss-reactive ketones (excluding diaryl/α,β-unsaturated/α-hetero) is 1. The summed E-state index contributed by atoms with van der Waals surface area (Å²) in [5.74, 6) is 0.632. The topological polar surface area (TPSA) is 52.6 Å². The largest absolute Gasteiger partial charge is 0.497 e. The maximum atomic E-state index is 14.1. The smallest absolute Gasteiger partial charge is 0.330 e. The average Bonchev–Trinajstić information content (AvgIpc) is 3.22. The quantitative estimate of drug-likeness (QED) is 0.153. The molecular formula is C36H46O4.